The Balaban J connectivity index is 1.93. The lowest BCUT2D eigenvalue weighted by Gasteiger charge is -2.36. The molecule has 1 fully saturated rings. The van der Waals surface area contributed by atoms with Gasteiger partial charge in [0.2, 0.25) is 0 Å². The molecular formula is C17H25ClN4O3. The molecule has 0 aliphatic carbocycles. The van der Waals surface area contributed by atoms with Crippen LogP contribution in [0.2, 0.25) is 5.02 Å². The van der Waals surface area contributed by atoms with Gasteiger partial charge in [-0.05, 0) is 32.3 Å². The van der Waals surface area contributed by atoms with Crippen molar-refractivity contribution >= 4 is 29.3 Å². The summed E-state index contributed by atoms with van der Waals surface area (Å²) in [7, 11) is 5.29. The molecule has 0 atom stereocenters. The highest BCUT2D eigenvalue weighted by Gasteiger charge is 2.23. The summed E-state index contributed by atoms with van der Waals surface area (Å²) in [4.78, 5) is 29.8. The number of nitrogens with one attached hydrogen (secondary N) is 1. The van der Waals surface area contributed by atoms with Gasteiger partial charge in [0.15, 0.2) is 0 Å². The van der Waals surface area contributed by atoms with Crippen LogP contribution in [0, 0.1) is 0 Å². The van der Waals surface area contributed by atoms with Gasteiger partial charge in [-0.1, -0.05) is 11.6 Å². The van der Waals surface area contributed by atoms with Gasteiger partial charge in [0, 0.05) is 39.3 Å². The van der Waals surface area contributed by atoms with Crippen molar-refractivity contribution in [2.45, 2.75) is 0 Å². The Morgan fingerprint density at radius 2 is 1.92 bits per heavy atom. The minimum Gasteiger partial charge on any atom is -0.465 e. The normalized spacial score (nSPS) is 14.6. The highest BCUT2D eigenvalue weighted by atomic mass is 35.5. The molecule has 1 aromatic carbocycles. The zero-order valence-electron chi connectivity index (χ0n) is 14.9. The van der Waals surface area contributed by atoms with E-state index in [4.69, 9.17) is 16.3 Å². The third kappa shape index (κ3) is 5.24. The lowest BCUT2D eigenvalue weighted by molar-refractivity contribution is 0.0600. The van der Waals surface area contributed by atoms with Gasteiger partial charge in [-0.2, -0.15) is 0 Å². The van der Waals surface area contributed by atoms with Crippen LogP contribution in [0.5, 0.6) is 0 Å². The highest BCUT2D eigenvalue weighted by molar-refractivity contribution is 6.33. The number of amides is 2. The number of esters is 1. The highest BCUT2D eigenvalue weighted by Crippen LogP contribution is 2.28. The summed E-state index contributed by atoms with van der Waals surface area (Å²) in [5.74, 6) is -0.392. The van der Waals surface area contributed by atoms with Crippen LogP contribution in [-0.2, 0) is 4.74 Å². The number of anilines is 1. The van der Waals surface area contributed by atoms with Crippen molar-refractivity contribution in [3.05, 3.63) is 28.8 Å². The summed E-state index contributed by atoms with van der Waals surface area (Å²) in [5.41, 5.74) is 1.25. The zero-order chi connectivity index (χ0) is 18.4. The number of likely N-dealkylation sites (N-methyl/N-ethyl adjacent to an activating group) is 1. The van der Waals surface area contributed by atoms with E-state index in [9.17, 15) is 9.59 Å². The van der Waals surface area contributed by atoms with Crippen LogP contribution in [0.3, 0.4) is 0 Å². The van der Waals surface area contributed by atoms with Crippen molar-refractivity contribution in [1.29, 1.82) is 0 Å². The van der Waals surface area contributed by atoms with E-state index >= 15 is 0 Å². The maximum absolute atomic E-state index is 12.2. The zero-order valence-corrected chi connectivity index (χ0v) is 15.7. The predicted molar refractivity (Wildman–Crippen MR) is 98.5 cm³/mol. The maximum atomic E-state index is 12.2. The first kappa shape index (κ1) is 19.3. The molecule has 2 amide bonds. The molecule has 1 aromatic rings. The fourth-order valence-corrected chi connectivity index (χ4v) is 2.89. The van der Waals surface area contributed by atoms with E-state index in [0.717, 1.165) is 12.2 Å². The molecule has 8 heteroatoms. The minimum atomic E-state index is -0.392. The first-order valence-corrected chi connectivity index (χ1v) is 8.60. The van der Waals surface area contributed by atoms with Crippen LogP contribution in [0.25, 0.3) is 0 Å². The molecule has 1 saturated heterocycles. The third-order valence-corrected chi connectivity index (χ3v) is 4.43. The molecule has 1 N–H and O–H groups in total. The third-order valence-electron chi connectivity index (χ3n) is 4.11. The van der Waals surface area contributed by atoms with Crippen LogP contribution in [0.15, 0.2) is 18.2 Å². The van der Waals surface area contributed by atoms with Crippen LogP contribution in [-0.4, -0.2) is 82.3 Å². The van der Waals surface area contributed by atoms with E-state index in [1.807, 2.05) is 19.0 Å². The van der Waals surface area contributed by atoms with Crippen molar-refractivity contribution in [2.75, 3.05) is 65.4 Å². The second-order valence-corrected chi connectivity index (χ2v) is 6.57. The summed E-state index contributed by atoms with van der Waals surface area (Å²) < 4.78 is 4.76. The average Bonchev–Trinajstić information content (AvgIpc) is 2.61. The van der Waals surface area contributed by atoms with Crippen LogP contribution in [0.1, 0.15) is 10.4 Å². The Labute approximate surface area is 153 Å². The SMILES string of the molecule is COC(=O)c1ccc(Cl)c(N2CCN(C(=O)NCCN(C)C)CC2)c1. The number of carbonyl (C=O) groups is 2. The number of ether oxygens (including phenoxy) is 1. The van der Waals surface area contributed by atoms with Crippen molar-refractivity contribution in [3.8, 4) is 0 Å². The molecule has 0 aromatic heterocycles. The lowest BCUT2D eigenvalue weighted by atomic mass is 10.1. The monoisotopic (exact) mass is 368 g/mol. The van der Waals surface area contributed by atoms with E-state index in [2.05, 4.69) is 10.2 Å². The molecule has 25 heavy (non-hydrogen) atoms. The van der Waals surface area contributed by atoms with Gasteiger partial charge in [0.25, 0.3) is 0 Å². The Bertz CT molecular complexity index is 616. The number of halogens is 1. The number of methoxy groups -OCH3 is 1. The molecule has 1 aliphatic rings. The Hall–Kier alpha value is -1.99. The molecule has 138 valence electrons. The number of rotatable bonds is 5. The van der Waals surface area contributed by atoms with Crippen molar-refractivity contribution in [1.82, 2.24) is 15.1 Å². The Kier molecular flexibility index (Phi) is 6.90. The average molecular weight is 369 g/mol. The molecule has 0 spiro atoms. The summed E-state index contributed by atoms with van der Waals surface area (Å²) in [6.07, 6.45) is 0. The standard InChI is InChI=1S/C17H25ClN4O3/c1-20(2)7-6-19-17(24)22-10-8-21(9-11-22)15-12-13(16(23)25-3)4-5-14(15)18/h4-5,12H,6-11H2,1-3H3,(H,19,24). The van der Waals surface area contributed by atoms with E-state index in [1.54, 1.807) is 23.1 Å². The largest absolute Gasteiger partial charge is 0.465 e. The van der Waals surface area contributed by atoms with Gasteiger partial charge in [-0.25, -0.2) is 9.59 Å². The Morgan fingerprint density at radius 1 is 1.24 bits per heavy atom. The molecule has 1 heterocycles. The smallest absolute Gasteiger partial charge is 0.337 e. The molecule has 0 saturated carbocycles. The number of carbonyl (C=O) groups excluding carboxylic acids is 2. The number of piperazine rings is 1. The first-order chi connectivity index (χ1) is 11.9. The van der Waals surface area contributed by atoms with Gasteiger partial charge in [-0.3, -0.25) is 0 Å². The van der Waals surface area contributed by atoms with Crippen molar-refractivity contribution in [2.24, 2.45) is 0 Å². The van der Waals surface area contributed by atoms with Crippen molar-refractivity contribution < 1.29 is 14.3 Å². The second-order valence-electron chi connectivity index (χ2n) is 6.17. The first-order valence-electron chi connectivity index (χ1n) is 8.22. The molecule has 0 bridgehead atoms. The molecule has 7 nitrogen and oxygen atoms in total. The minimum absolute atomic E-state index is 0.0455. The summed E-state index contributed by atoms with van der Waals surface area (Å²) in [6, 6.07) is 5.03. The second kappa shape index (κ2) is 8.92. The van der Waals surface area contributed by atoms with Gasteiger partial charge in [-0.15, -0.1) is 0 Å². The predicted octanol–water partition coefficient (Wildman–Crippen LogP) is 1.52. The number of hydrogen-bond acceptors (Lipinski definition) is 5. The molecule has 2 rings (SSSR count). The van der Waals surface area contributed by atoms with E-state index < -0.39 is 5.97 Å². The number of benzene rings is 1. The van der Waals surface area contributed by atoms with Gasteiger partial charge >= 0.3 is 12.0 Å². The number of hydrogen-bond donors (Lipinski definition) is 1. The van der Waals surface area contributed by atoms with Gasteiger partial charge < -0.3 is 24.8 Å². The van der Waals surface area contributed by atoms with E-state index in [0.29, 0.717) is 43.3 Å². The summed E-state index contributed by atoms with van der Waals surface area (Å²) >= 11 is 6.28. The quantitative estimate of drug-likeness (QED) is 0.798. The molecule has 1 aliphatic heterocycles. The summed E-state index contributed by atoms with van der Waals surface area (Å²) in [6.45, 7) is 3.96. The fraction of sp³-hybridized carbons (Fsp3) is 0.529. The maximum Gasteiger partial charge on any atom is 0.337 e. The summed E-state index contributed by atoms with van der Waals surface area (Å²) in [5, 5.41) is 3.50. The van der Waals surface area contributed by atoms with E-state index in [-0.39, 0.29) is 6.03 Å². The van der Waals surface area contributed by atoms with Crippen LogP contribution < -0.4 is 10.2 Å². The van der Waals surface area contributed by atoms with Crippen LogP contribution >= 0.6 is 11.6 Å². The molecular weight excluding hydrogens is 344 g/mol. The topological polar surface area (TPSA) is 65.1 Å². The van der Waals surface area contributed by atoms with Crippen LogP contribution in [0.4, 0.5) is 10.5 Å². The molecule has 0 unspecified atom stereocenters. The number of urea groups is 1. The Morgan fingerprint density at radius 3 is 2.52 bits per heavy atom. The fourth-order valence-electron chi connectivity index (χ4n) is 2.65. The number of nitrogens with zero attached hydrogens (tertiary/aromatic N) is 3. The van der Waals surface area contributed by atoms with Gasteiger partial charge in [0.1, 0.15) is 0 Å². The van der Waals surface area contributed by atoms with Gasteiger partial charge in [0.05, 0.1) is 23.4 Å². The van der Waals surface area contributed by atoms with Crippen molar-refractivity contribution in [3.63, 3.8) is 0 Å². The van der Waals surface area contributed by atoms with E-state index in [1.165, 1.54) is 7.11 Å². The molecule has 0 radical (unpaired) electrons. The lowest BCUT2D eigenvalue weighted by Crippen LogP contribution is -2.52.